The third-order valence-electron chi connectivity index (χ3n) is 3.05. The van der Waals surface area contributed by atoms with Gasteiger partial charge in [0.1, 0.15) is 5.69 Å². The van der Waals surface area contributed by atoms with Crippen LogP contribution >= 0.6 is 0 Å². The van der Waals surface area contributed by atoms with Crippen molar-refractivity contribution in [1.29, 1.82) is 0 Å². The van der Waals surface area contributed by atoms with Crippen LogP contribution in [-0.4, -0.2) is 24.6 Å². The molecule has 0 amide bonds. The average Bonchev–Trinajstić information content (AvgIpc) is 2.84. The first-order valence-corrected chi connectivity index (χ1v) is 6.82. The molecule has 2 rings (SSSR count). The predicted molar refractivity (Wildman–Crippen MR) is 82.9 cm³/mol. The van der Waals surface area contributed by atoms with E-state index in [1.807, 2.05) is 26.2 Å². The molecular formula is C16H23N3O. The Morgan fingerprint density at radius 3 is 2.65 bits per heavy atom. The molecule has 0 saturated carbocycles. The molecule has 0 spiro atoms. The Morgan fingerprint density at radius 2 is 2.00 bits per heavy atom. The SMILES string of the molecule is CN(C)c1cccc(-c2ocnc2CNC(C)(C)C)c1. The lowest BCUT2D eigenvalue weighted by Crippen LogP contribution is -2.35. The van der Waals surface area contributed by atoms with Gasteiger partial charge < -0.3 is 14.6 Å². The zero-order chi connectivity index (χ0) is 14.8. The Hall–Kier alpha value is -1.81. The molecule has 2 aromatic rings. The molecule has 1 heterocycles. The minimum atomic E-state index is 0.0572. The Kier molecular flexibility index (Phi) is 4.14. The number of benzene rings is 1. The van der Waals surface area contributed by atoms with Gasteiger partial charge in [0.05, 0.1) is 0 Å². The van der Waals surface area contributed by atoms with E-state index in [9.17, 15) is 0 Å². The molecule has 4 heteroatoms. The maximum absolute atomic E-state index is 5.58. The maximum atomic E-state index is 5.58. The molecule has 0 atom stereocenters. The lowest BCUT2D eigenvalue weighted by Gasteiger charge is -2.20. The Bertz CT molecular complexity index is 567. The number of oxazole rings is 1. The highest BCUT2D eigenvalue weighted by molar-refractivity contribution is 5.65. The van der Waals surface area contributed by atoms with Crippen LogP contribution in [0.2, 0.25) is 0 Å². The molecule has 1 aromatic carbocycles. The van der Waals surface area contributed by atoms with E-state index in [0.29, 0.717) is 6.54 Å². The van der Waals surface area contributed by atoms with Crippen LogP contribution in [0.4, 0.5) is 5.69 Å². The lowest BCUT2D eigenvalue weighted by atomic mass is 10.1. The smallest absolute Gasteiger partial charge is 0.181 e. The molecule has 0 fully saturated rings. The third-order valence-corrected chi connectivity index (χ3v) is 3.05. The minimum Gasteiger partial charge on any atom is -0.443 e. The van der Waals surface area contributed by atoms with E-state index in [2.05, 4.69) is 48.1 Å². The number of hydrogen-bond acceptors (Lipinski definition) is 4. The van der Waals surface area contributed by atoms with E-state index in [1.54, 1.807) is 0 Å². The number of nitrogens with zero attached hydrogens (tertiary/aromatic N) is 2. The van der Waals surface area contributed by atoms with Crippen molar-refractivity contribution in [2.24, 2.45) is 0 Å². The highest BCUT2D eigenvalue weighted by Crippen LogP contribution is 2.26. The first-order valence-electron chi connectivity index (χ1n) is 6.82. The second-order valence-electron chi connectivity index (χ2n) is 6.18. The van der Waals surface area contributed by atoms with E-state index in [-0.39, 0.29) is 5.54 Å². The first-order chi connectivity index (χ1) is 9.37. The molecule has 0 unspecified atom stereocenters. The molecule has 4 nitrogen and oxygen atoms in total. The lowest BCUT2D eigenvalue weighted by molar-refractivity contribution is 0.421. The van der Waals surface area contributed by atoms with Crippen LogP contribution < -0.4 is 10.2 Å². The van der Waals surface area contributed by atoms with Crippen LogP contribution in [0, 0.1) is 0 Å². The standard InChI is InChI=1S/C16H23N3O/c1-16(2,3)18-10-14-15(20-11-17-14)12-7-6-8-13(9-12)19(4)5/h6-9,11,18H,10H2,1-5H3. The fourth-order valence-corrected chi connectivity index (χ4v) is 1.90. The van der Waals surface area contributed by atoms with Crippen molar-refractivity contribution in [2.75, 3.05) is 19.0 Å². The highest BCUT2D eigenvalue weighted by atomic mass is 16.3. The fourth-order valence-electron chi connectivity index (χ4n) is 1.90. The van der Waals surface area contributed by atoms with Gasteiger partial charge in [0, 0.05) is 37.4 Å². The van der Waals surface area contributed by atoms with E-state index in [1.165, 1.54) is 6.39 Å². The summed E-state index contributed by atoms with van der Waals surface area (Å²) >= 11 is 0. The summed E-state index contributed by atoms with van der Waals surface area (Å²) in [6.45, 7) is 7.11. The van der Waals surface area contributed by atoms with Gasteiger partial charge in [-0.05, 0) is 32.9 Å². The number of hydrogen-bond donors (Lipinski definition) is 1. The van der Waals surface area contributed by atoms with Crippen LogP contribution in [0.25, 0.3) is 11.3 Å². The van der Waals surface area contributed by atoms with Gasteiger partial charge in [0.2, 0.25) is 0 Å². The number of rotatable bonds is 4. The predicted octanol–water partition coefficient (Wildman–Crippen LogP) is 3.30. The summed E-state index contributed by atoms with van der Waals surface area (Å²) in [4.78, 5) is 6.40. The van der Waals surface area contributed by atoms with Gasteiger partial charge in [-0.2, -0.15) is 0 Å². The second kappa shape index (κ2) is 5.67. The van der Waals surface area contributed by atoms with Crippen LogP contribution in [-0.2, 0) is 6.54 Å². The summed E-state index contributed by atoms with van der Waals surface area (Å²) in [5, 5.41) is 3.44. The van der Waals surface area contributed by atoms with E-state index in [0.717, 1.165) is 22.7 Å². The zero-order valence-corrected chi connectivity index (χ0v) is 12.9. The zero-order valence-electron chi connectivity index (χ0n) is 12.9. The molecule has 0 aliphatic carbocycles. The molecule has 20 heavy (non-hydrogen) atoms. The van der Waals surface area contributed by atoms with Gasteiger partial charge >= 0.3 is 0 Å². The van der Waals surface area contributed by atoms with Gasteiger partial charge in [-0.25, -0.2) is 4.98 Å². The van der Waals surface area contributed by atoms with Crippen LogP contribution in [0.15, 0.2) is 35.1 Å². The molecule has 108 valence electrons. The molecule has 0 aliphatic rings. The number of aromatic nitrogens is 1. The van der Waals surface area contributed by atoms with E-state index >= 15 is 0 Å². The van der Waals surface area contributed by atoms with Crippen molar-refractivity contribution in [3.8, 4) is 11.3 Å². The second-order valence-corrected chi connectivity index (χ2v) is 6.18. The monoisotopic (exact) mass is 273 g/mol. The van der Waals surface area contributed by atoms with Crippen LogP contribution in [0.5, 0.6) is 0 Å². The number of nitrogens with one attached hydrogen (secondary N) is 1. The van der Waals surface area contributed by atoms with E-state index in [4.69, 9.17) is 4.42 Å². The largest absolute Gasteiger partial charge is 0.443 e. The fraction of sp³-hybridized carbons (Fsp3) is 0.438. The van der Waals surface area contributed by atoms with Gasteiger partial charge in [0.15, 0.2) is 12.2 Å². The van der Waals surface area contributed by atoms with E-state index < -0.39 is 0 Å². The maximum Gasteiger partial charge on any atom is 0.181 e. The van der Waals surface area contributed by atoms with Crippen molar-refractivity contribution in [2.45, 2.75) is 32.9 Å². The number of anilines is 1. The normalized spacial score (nSPS) is 11.7. The summed E-state index contributed by atoms with van der Waals surface area (Å²) in [5.41, 5.74) is 3.20. The average molecular weight is 273 g/mol. The molecule has 1 N–H and O–H groups in total. The van der Waals surface area contributed by atoms with Crippen molar-refractivity contribution in [3.63, 3.8) is 0 Å². The third kappa shape index (κ3) is 3.61. The summed E-state index contributed by atoms with van der Waals surface area (Å²) in [7, 11) is 4.06. The van der Waals surface area contributed by atoms with Gasteiger partial charge in [-0.3, -0.25) is 0 Å². The quantitative estimate of drug-likeness (QED) is 0.928. The Labute approximate surface area is 120 Å². The molecule has 0 saturated heterocycles. The topological polar surface area (TPSA) is 41.3 Å². The summed E-state index contributed by atoms with van der Waals surface area (Å²) in [6.07, 6.45) is 1.51. The minimum absolute atomic E-state index is 0.0572. The molecule has 0 bridgehead atoms. The van der Waals surface area contributed by atoms with Crippen molar-refractivity contribution in [1.82, 2.24) is 10.3 Å². The highest BCUT2D eigenvalue weighted by Gasteiger charge is 2.15. The van der Waals surface area contributed by atoms with Crippen LogP contribution in [0.1, 0.15) is 26.5 Å². The summed E-state index contributed by atoms with van der Waals surface area (Å²) in [5.74, 6) is 0.838. The van der Waals surface area contributed by atoms with Crippen LogP contribution in [0.3, 0.4) is 0 Å². The summed E-state index contributed by atoms with van der Waals surface area (Å²) < 4.78 is 5.58. The Morgan fingerprint density at radius 1 is 1.25 bits per heavy atom. The Balaban J connectivity index is 2.25. The van der Waals surface area contributed by atoms with Crippen molar-refractivity contribution in [3.05, 3.63) is 36.4 Å². The van der Waals surface area contributed by atoms with Crippen molar-refractivity contribution < 1.29 is 4.42 Å². The van der Waals surface area contributed by atoms with Gasteiger partial charge in [-0.15, -0.1) is 0 Å². The van der Waals surface area contributed by atoms with Gasteiger partial charge in [-0.1, -0.05) is 12.1 Å². The van der Waals surface area contributed by atoms with Crippen molar-refractivity contribution >= 4 is 5.69 Å². The molecule has 0 aliphatic heterocycles. The first kappa shape index (κ1) is 14.6. The summed E-state index contributed by atoms with van der Waals surface area (Å²) in [6, 6.07) is 8.27. The van der Waals surface area contributed by atoms with Gasteiger partial charge in [0.25, 0.3) is 0 Å². The molecular weight excluding hydrogens is 250 g/mol. The molecule has 1 aromatic heterocycles. The molecule has 0 radical (unpaired) electrons.